The maximum absolute atomic E-state index is 13.8. The lowest BCUT2D eigenvalue weighted by atomic mass is 9.92. The molecule has 0 radical (unpaired) electrons. The summed E-state index contributed by atoms with van der Waals surface area (Å²) in [7, 11) is 0. The highest BCUT2D eigenvalue weighted by molar-refractivity contribution is 6.30. The Morgan fingerprint density at radius 2 is 2.26 bits per heavy atom. The zero-order valence-corrected chi connectivity index (χ0v) is 13.6. The van der Waals surface area contributed by atoms with E-state index in [-0.39, 0.29) is 35.8 Å². The van der Waals surface area contributed by atoms with Crippen LogP contribution in [0.1, 0.15) is 31.9 Å². The summed E-state index contributed by atoms with van der Waals surface area (Å²) in [4.78, 5) is 26.2. The van der Waals surface area contributed by atoms with Gasteiger partial charge in [-0.25, -0.2) is 4.39 Å². The summed E-state index contributed by atoms with van der Waals surface area (Å²) in [6.45, 7) is 3.55. The maximum atomic E-state index is 13.8. The van der Waals surface area contributed by atoms with Gasteiger partial charge < -0.3 is 10.2 Å². The van der Waals surface area contributed by atoms with Crippen LogP contribution < -0.4 is 5.32 Å². The lowest BCUT2D eigenvalue weighted by Gasteiger charge is -2.31. The lowest BCUT2D eigenvalue weighted by molar-refractivity contribution is -0.130. The second kappa shape index (κ2) is 6.97. The van der Waals surface area contributed by atoms with E-state index in [1.807, 2.05) is 19.9 Å². The van der Waals surface area contributed by atoms with E-state index in [2.05, 4.69) is 5.32 Å². The molecule has 1 N–H and O–H groups in total. The molecule has 2 rings (SSSR count). The number of hydrogen-bond donors (Lipinski definition) is 1. The van der Waals surface area contributed by atoms with Crippen molar-refractivity contribution in [2.24, 2.45) is 5.92 Å². The van der Waals surface area contributed by atoms with Crippen molar-refractivity contribution in [3.63, 3.8) is 0 Å². The fraction of sp³-hybridized carbons (Fsp3) is 0.438. The number of rotatable bonds is 4. The van der Waals surface area contributed by atoms with Gasteiger partial charge in [0.15, 0.2) is 0 Å². The Labute approximate surface area is 139 Å². The molecule has 122 valence electrons. The van der Waals surface area contributed by atoms with E-state index in [4.69, 9.17) is 16.9 Å². The van der Waals surface area contributed by atoms with Gasteiger partial charge in [-0.05, 0) is 31.5 Å². The van der Waals surface area contributed by atoms with E-state index in [0.717, 1.165) is 0 Å². The average Bonchev–Trinajstić information content (AvgIpc) is 2.85. The molecule has 1 heterocycles. The van der Waals surface area contributed by atoms with Gasteiger partial charge in [0.05, 0.1) is 23.1 Å². The zero-order chi connectivity index (χ0) is 17.1. The van der Waals surface area contributed by atoms with Crippen molar-refractivity contribution in [1.82, 2.24) is 10.2 Å². The van der Waals surface area contributed by atoms with Gasteiger partial charge in [0.25, 0.3) is 0 Å². The van der Waals surface area contributed by atoms with Crippen LogP contribution in [0.2, 0.25) is 5.02 Å². The molecule has 0 aromatic heterocycles. The van der Waals surface area contributed by atoms with Crippen molar-refractivity contribution in [2.45, 2.75) is 32.4 Å². The Kier molecular flexibility index (Phi) is 5.22. The number of likely N-dealkylation sites (tertiary alicyclic amines) is 1. The van der Waals surface area contributed by atoms with Crippen LogP contribution in [-0.4, -0.2) is 29.3 Å². The van der Waals surface area contributed by atoms with E-state index in [1.54, 1.807) is 11.0 Å². The summed E-state index contributed by atoms with van der Waals surface area (Å²) < 4.78 is 13.8. The Hall–Kier alpha value is -2.13. The Balaban J connectivity index is 2.41. The van der Waals surface area contributed by atoms with E-state index in [9.17, 15) is 14.0 Å². The number of halogens is 2. The molecule has 2 amide bonds. The maximum Gasteiger partial charge on any atom is 0.226 e. The van der Waals surface area contributed by atoms with Crippen LogP contribution in [0.3, 0.4) is 0 Å². The summed E-state index contributed by atoms with van der Waals surface area (Å²) in [5, 5.41) is 11.1. The number of carbonyl (C=O) groups is 2. The third-order valence-corrected chi connectivity index (χ3v) is 4.19. The molecule has 5 nitrogen and oxygen atoms in total. The van der Waals surface area contributed by atoms with Crippen LogP contribution >= 0.6 is 11.6 Å². The van der Waals surface area contributed by atoms with Crippen LogP contribution in [0.4, 0.5) is 4.39 Å². The number of nitriles is 1. The summed E-state index contributed by atoms with van der Waals surface area (Å²) in [5.74, 6) is -1.82. The normalized spacial score (nSPS) is 20.7. The molecule has 1 aromatic rings. The highest BCUT2D eigenvalue weighted by Gasteiger charge is 2.45. The first kappa shape index (κ1) is 17.2. The number of amides is 2. The van der Waals surface area contributed by atoms with Crippen LogP contribution in [-0.2, 0) is 9.59 Å². The minimum Gasteiger partial charge on any atom is -0.343 e. The quantitative estimate of drug-likeness (QED) is 0.857. The lowest BCUT2D eigenvalue weighted by Crippen LogP contribution is -2.38. The molecule has 1 aliphatic heterocycles. The molecule has 0 aliphatic carbocycles. The SMILES string of the molecule is CC(C)N1C(=O)C[C@H](C(=O)NCC#N)[C@H]1c1ccc(Cl)c(F)c1. The number of benzene rings is 1. The average molecular weight is 338 g/mol. The fourth-order valence-corrected chi connectivity index (χ4v) is 3.06. The standard InChI is InChI=1S/C16H17ClFN3O2/c1-9(2)21-14(22)8-11(16(23)20-6-5-19)15(21)10-3-4-12(17)13(18)7-10/h3-4,7,9,11,15H,6,8H2,1-2H3,(H,20,23)/t11-,15+/m0/s1. The molecule has 1 saturated heterocycles. The molecule has 1 aliphatic rings. The van der Waals surface area contributed by atoms with Gasteiger partial charge in [0.2, 0.25) is 11.8 Å². The Morgan fingerprint density at radius 3 is 2.83 bits per heavy atom. The Bertz CT molecular complexity index is 672. The van der Waals surface area contributed by atoms with Crippen molar-refractivity contribution in [1.29, 1.82) is 5.26 Å². The second-order valence-corrected chi connectivity index (χ2v) is 6.11. The minimum atomic E-state index is -0.668. The Morgan fingerprint density at radius 1 is 1.57 bits per heavy atom. The van der Waals surface area contributed by atoms with E-state index >= 15 is 0 Å². The smallest absolute Gasteiger partial charge is 0.226 e. The monoisotopic (exact) mass is 337 g/mol. The molecular weight excluding hydrogens is 321 g/mol. The van der Waals surface area contributed by atoms with Crippen molar-refractivity contribution in [2.75, 3.05) is 6.54 Å². The van der Waals surface area contributed by atoms with Crippen molar-refractivity contribution < 1.29 is 14.0 Å². The summed E-state index contributed by atoms with van der Waals surface area (Å²) in [6, 6.07) is 5.41. The summed E-state index contributed by atoms with van der Waals surface area (Å²) >= 11 is 5.71. The van der Waals surface area contributed by atoms with Gasteiger partial charge >= 0.3 is 0 Å². The van der Waals surface area contributed by atoms with E-state index < -0.39 is 17.8 Å². The highest BCUT2D eigenvalue weighted by atomic mass is 35.5. The first-order chi connectivity index (χ1) is 10.9. The molecule has 0 spiro atoms. The van der Waals surface area contributed by atoms with E-state index in [1.165, 1.54) is 12.1 Å². The molecule has 23 heavy (non-hydrogen) atoms. The predicted octanol–water partition coefficient (Wildman–Crippen LogP) is 2.42. The number of nitrogens with one attached hydrogen (secondary N) is 1. The topological polar surface area (TPSA) is 73.2 Å². The first-order valence-corrected chi connectivity index (χ1v) is 7.65. The van der Waals surface area contributed by atoms with Gasteiger partial charge in [0, 0.05) is 12.5 Å². The molecular formula is C16H17ClFN3O2. The predicted molar refractivity (Wildman–Crippen MR) is 82.9 cm³/mol. The minimum absolute atomic E-state index is 0.0142. The van der Waals surface area contributed by atoms with Crippen molar-refractivity contribution in [3.8, 4) is 6.07 Å². The van der Waals surface area contributed by atoms with Gasteiger partial charge in [-0.3, -0.25) is 9.59 Å². The van der Waals surface area contributed by atoms with Gasteiger partial charge in [-0.15, -0.1) is 0 Å². The summed E-state index contributed by atoms with van der Waals surface area (Å²) in [6.07, 6.45) is 0.0321. The van der Waals surface area contributed by atoms with E-state index in [0.29, 0.717) is 5.56 Å². The number of carbonyl (C=O) groups excluding carboxylic acids is 2. The van der Waals surface area contributed by atoms with Crippen LogP contribution in [0.25, 0.3) is 0 Å². The molecule has 0 bridgehead atoms. The van der Waals surface area contributed by atoms with Crippen LogP contribution in [0.5, 0.6) is 0 Å². The second-order valence-electron chi connectivity index (χ2n) is 5.70. The molecule has 0 saturated carbocycles. The number of hydrogen-bond acceptors (Lipinski definition) is 3. The molecule has 7 heteroatoms. The van der Waals surface area contributed by atoms with Gasteiger partial charge in [-0.1, -0.05) is 17.7 Å². The van der Waals surface area contributed by atoms with Gasteiger partial charge in [-0.2, -0.15) is 5.26 Å². The molecule has 1 aromatic carbocycles. The first-order valence-electron chi connectivity index (χ1n) is 7.27. The van der Waals surface area contributed by atoms with Crippen molar-refractivity contribution in [3.05, 3.63) is 34.6 Å². The molecule has 2 atom stereocenters. The number of nitrogens with zero attached hydrogens (tertiary/aromatic N) is 2. The third kappa shape index (κ3) is 3.45. The molecule has 0 unspecified atom stereocenters. The van der Waals surface area contributed by atoms with Gasteiger partial charge in [0.1, 0.15) is 12.4 Å². The fourth-order valence-electron chi connectivity index (χ4n) is 2.95. The molecule has 1 fully saturated rings. The zero-order valence-electron chi connectivity index (χ0n) is 12.8. The summed E-state index contributed by atoms with van der Waals surface area (Å²) in [5.41, 5.74) is 0.517. The highest BCUT2D eigenvalue weighted by Crippen LogP contribution is 2.40. The third-order valence-electron chi connectivity index (χ3n) is 3.88. The van der Waals surface area contributed by atoms with Crippen LogP contribution in [0.15, 0.2) is 18.2 Å². The van der Waals surface area contributed by atoms with Crippen LogP contribution in [0, 0.1) is 23.1 Å². The largest absolute Gasteiger partial charge is 0.343 e. The van der Waals surface area contributed by atoms with Crippen molar-refractivity contribution >= 4 is 23.4 Å².